The van der Waals surface area contributed by atoms with Crippen molar-refractivity contribution in [2.45, 2.75) is 0 Å². The van der Waals surface area contributed by atoms with Crippen molar-refractivity contribution in [2.75, 3.05) is 0 Å². The number of oxime groups is 1. The summed E-state index contributed by atoms with van der Waals surface area (Å²) in [7, 11) is 0. The minimum atomic E-state index is 0. The summed E-state index contributed by atoms with van der Waals surface area (Å²) in [6.45, 7) is 0. The topological polar surface area (TPSA) is 52.8 Å². The molecular formula is C7H9NO2Pb. The molecule has 3 nitrogen and oxygen atoms in total. The summed E-state index contributed by atoms with van der Waals surface area (Å²) >= 11 is 0. The van der Waals surface area contributed by atoms with Gasteiger partial charge in [-0.1, -0.05) is 17.3 Å². The van der Waals surface area contributed by atoms with Crippen LogP contribution in [0.2, 0.25) is 0 Å². The normalized spacial score (nSPS) is 9.45. The summed E-state index contributed by atoms with van der Waals surface area (Å²) in [5.74, 6) is 0.111. The fourth-order valence-electron chi connectivity index (χ4n) is 0.659. The molecule has 0 heterocycles. The molecule has 1 rings (SSSR count). The van der Waals surface area contributed by atoms with E-state index in [0.717, 1.165) is 0 Å². The van der Waals surface area contributed by atoms with E-state index in [0.29, 0.717) is 5.56 Å². The molecular weight excluding hydrogens is 337 g/mol. The molecule has 2 radical (unpaired) electrons. The van der Waals surface area contributed by atoms with Gasteiger partial charge >= 0.3 is 27.3 Å². The molecule has 0 saturated heterocycles. The van der Waals surface area contributed by atoms with Gasteiger partial charge in [-0.25, -0.2) is 0 Å². The molecule has 0 saturated carbocycles. The molecule has 0 amide bonds. The molecule has 0 unspecified atom stereocenters. The Balaban J connectivity index is 0.000001000. The first kappa shape index (κ1) is 10.4. The Kier molecular flexibility index (Phi) is 4.84. The van der Waals surface area contributed by atoms with Crippen molar-refractivity contribution in [2.24, 2.45) is 5.16 Å². The number of hydrogen-bond donors (Lipinski definition) is 2. The first-order valence-electron chi connectivity index (χ1n) is 2.80. The fraction of sp³-hybridized carbons (Fsp3) is 0. The summed E-state index contributed by atoms with van der Waals surface area (Å²) < 4.78 is 0. The molecule has 0 bridgehead atoms. The Morgan fingerprint density at radius 1 is 1.27 bits per heavy atom. The van der Waals surface area contributed by atoms with E-state index in [-0.39, 0.29) is 33.0 Å². The first-order chi connectivity index (χ1) is 4.84. The number of rotatable bonds is 1. The van der Waals surface area contributed by atoms with Crippen LogP contribution in [0.3, 0.4) is 0 Å². The van der Waals surface area contributed by atoms with Gasteiger partial charge in [0.2, 0.25) is 0 Å². The Morgan fingerprint density at radius 2 is 1.91 bits per heavy atom. The van der Waals surface area contributed by atoms with E-state index in [1.54, 1.807) is 18.2 Å². The van der Waals surface area contributed by atoms with E-state index in [1.807, 2.05) is 0 Å². The molecule has 58 valence electrons. The van der Waals surface area contributed by atoms with Gasteiger partial charge in [-0.3, -0.25) is 0 Å². The summed E-state index contributed by atoms with van der Waals surface area (Å²) in [6.07, 6.45) is 1.18. The third-order valence-electron chi connectivity index (χ3n) is 1.13. The van der Waals surface area contributed by atoms with Crippen LogP contribution in [0.15, 0.2) is 29.4 Å². The third kappa shape index (κ3) is 2.87. The molecule has 2 N–H and O–H groups in total. The molecule has 11 heavy (non-hydrogen) atoms. The Hall–Kier alpha value is -0.588. The molecule has 1 aromatic carbocycles. The van der Waals surface area contributed by atoms with Gasteiger partial charge in [0.25, 0.3) is 0 Å². The standard InChI is InChI=1S/C7H7NO2.Pb.2H/c9-7-4-2-1-3-6(7)5-8-10;;;/h1-5,9-10H;;;/b8-5-;;;. The van der Waals surface area contributed by atoms with Gasteiger partial charge in [0, 0.05) is 5.56 Å². The molecule has 0 aromatic heterocycles. The van der Waals surface area contributed by atoms with E-state index < -0.39 is 0 Å². The molecule has 4 heteroatoms. The zero-order valence-corrected chi connectivity index (χ0v) is 11.4. The average Bonchev–Trinajstić information content (AvgIpc) is 1.94. The fourth-order valence-corrected chi connectivity index (χ4v) is 0.659. The van der Waals surface area contributed by atoms with Crippen LogP contribution in [0, 0.1) is 0 Å². The second kappa shape index (κ2) is 5.11. The molecule has 0 aliphatic heterocycles. The van der Waals surface area contributed by atoms with Crippen molar-refractivity contribution in [3.63, 3.8) is 0 Å². The number of phenols is 1. The number of aromatic hydroxyl groups is 1. The molecule has 0 aliphatic rings. The zero-order chi connectivity index (χ0) is 7.40. The number of benzene rings is 1. The van der Waals surface area contributed by atoms with Crippen molar-refractivity contribution < 1.29 is 10.3 Å². The summed E-state index contributed by atoms with van der Waals surface area (Å²) in [6, 6.07) is 6.62. The Bertz CT molecular complexity index is 250. The van der Waals surface area contributed by atoms with Crippen LogP contribution in [-0.2, 0) is 0 Å². The summed E-state index contributed by atoms with van der Waals surface area (Å²) in [5, 5.41) is 19.9. The maximum absolute atomic E-state index is 9.04. The third-order valence-corrected chi connectivity index (χ3v) is 1.13. The van der Waals surface area contributed by atoms with Gasteiger partial charge in [0.05, 0.1) is 6.21 Å². The predicted octanol–water partition coefficient (Wildman–Crippen LogP) is 0.284. The minimum absolute atomic E-state index is 0. The zero-order valence-electron chi connectivity index (χ0n) is 5.94. The second-order valence-electron chi connectivity index (χ2n) is 1.80. The second-order valence-corrected chi connectivity index (χ2v) is 1.80. The van der Waals surface area contributed by atoms with Gasteiger partial charge in [-0.15, -0.1) is 0 Å². The Morgan fingerprint density at radius 3 is 2.45 bits per heavy atom. The maximum atomic E-state index is 9.04. The summed E-state index contributed by atoms with van der Waals surface area (Å²) in [4.78, 5) is 0. The van der Waals surface area contributed by atoms with Crippen LogP contribution in [0.4, 0.5) is 0 Å². The Labute approximate surface area is 84.5 Å². The van der Waals surface area contributed by atoms with Gasteiger partial charge in [0.15, 0.2) is 0 Å². The van der Waals surface area contributed by atoms with Crippen molar-refractivity contribution >= 4 is 33.5 Å². The van der Waals surface area contributed by atoms with Gasteiger partial charge in [-0.2, -0.15) is 0 Å². The number of para-hydroxylation sites is 1. The van der Waals surface area contributed by atoms with Crippen molar-refractivity contribution in [3.05, 3.63) is 29.8 Å². The van der Waals surface area contributed by atoms with Crippen LogP contribution >= 0.6 is 0 Å². The van der Waals surface area contributed by atoms with Crippen LogP contribution in [0.25, 0.3) is 0 Å². The van der Waals surface area contributed by atoms with Gasteiger partial charge in [-0.05, 0) is 12.1 Å². The predicted molar refractivity (Wildman–Crippen MR) is 46.0 cm³/mol. The van der Waals surface area contributed by atoms with Crippen LogP contribution in [0.5, 0.6) is 5.75 Å². The van der Waals surface area contributed by atoms with Crippen LogP contribution < -0.4 is 0 Å². The molecule has 0 spiro atoms. The van der Waals surface area contributed by atoms with Crippen molar-refractivity contribution in [1.82, 2.24) is 0 Å². The molecule has 0 atom stereocenters. The number of nitrogens with zero attached hydrogens (tertiary/aromatic N) is 1. The van der Waals surface area contributed by atoms with E-state index in [1.165, 1.54) is 12.3 Å². The SMILES string of the molecule is O/N=C\c1ccccc1O.[PbH2]. The van der Waals surface area contributed by atoms with E-state index in [9.17, 15) is 0 Å². The first-order valence-corrected chi connectivity index (χ1v) is 2.80. The molecule has 0 fully saturated rings. The van der Waals surface area contributed by atoms with E-state index in [4.69, 9.17) is 10.3 Å². The molecule has 1 aromatic rings. The van der Waals surface area contributed by atoms with Crippen LogP contribution in [0.1, 0.15) is 5.56 Å². The van der Waals surface area contributed by atoms with Crippen LogP contribution in [-0.4, -0.2) is 43.8 Å². The quantitative estimate of drug-likeness (QED) is 0.332. The van der Waals surface area contributed by atoms with E-state index >= 15 is 0 Å². The summed E-state index contributed by atoms with van der Waals surface area (Å²) in [5.41, 5.74) is 0.505. The average molecular weight is 346 g/mol. The monoisotopic (exact) mass is 347 g/mol. The van der Waals surface area contributed by atoms with Crippen molar-refractivity contribution in [3.8, 4) is 5.75 Å². The van der Waals surface area contributed by atoms with Crippen molar-refractivity contribution in [1.29, 1.82) is 0 Å². The van der Waals surface area contributed by atoms with Gasteiger partial charge < -0.3 is 10.3 Å². The number of phenolic OH excluding ortho intramolecular Hbond substituents is 1. The van der Waals surface area contributed by atoms with Gasteiger partial charge in [0.1, 0.15) is 5.75 Å². The number of hydrogen-bond acceptors (Lipinski definition) is 3. The van der Waals surface area contributed by atoms with E-state index in [2.05, 4.69) is 5.16 Å². The molecule has 0 aliphatic carbocycles.